The van der Waals surface area contributed by atoms with Crippen molar-refractivity contribution in [3.05, 3.63) is 70.2 Å². The highest BCUT2D eigenvalue weighted by Crippen LogP contribution is 2.38. The van der Waals surface area contributed by atoms with Crippen LogP contribution in [0, 0.1) is 5.92 Å². The molecule has 4 heteroatoms. The van der Waals surface area contributed by atoms with Gasteiger partial charge in [0.1, 0.15) is 6.10 Å². The Balaban J connectivity index is 1.44. The van der Waals surface area contributed by atoms with Crippen molar-refractivity contribution in [2.75, 3.05) is 6.54 Å². The second kappa shape index (κ2) is 8.57. The van der Waals surface area contributed by atoms with Crippen molar-refractivity contribution in [1.82, 2.24) is 4.90 Å². The fourth-order valence-corrected chi connectivity index (χ4v) is 4.92. The molecule has 1 aliphatic carbocycles. The number of benzene rings is 2. The van der Waals surface area contributed by atoms with Crippen LogP contribution in [0.25, 0.3) is 0 Å². The first-order valence-corrected chi connectivity index (χ1v) is 10.7. The molecule has 2 aromatic rings. The molecule has 0 radical (unpaired) electrons. The normalized spacial score (nSPS) is 25.6. The zero-order valence-electron chi connectivity index (χ0n) is 15.5. The SMILES string of the molecule is O=C(O[C@H]1CCN(Cc2ccccc2)[C@H]2CCCC[C@H]12)c1ccc(Br)cc1. The van der Waals surface area contributed by atoms with Gasteiger partial charge in [-0.2, -0.15) is 0 Å². The minimum absolute atomic E-state index is 0.0403. The first-order valence-electron chi connectivity index (χ1n) is 9.95. The summed E-state index contributed by atoms with van der Waals surface area (Å²) in [6, 6.07) is 18.7. The number of carbonyl (C=O) groups is 1. The predicted octanol–water partition coefficient (Wildman–Crippen LogP) is 5.44. The molecule has 27 heavy (non-hydrogen) atoms. The van der Waals surface area contributed by atoms with Crippen LogP contribution in [0.5, 0.6) is 0 Å². The number of piperidine rings is 1. The van der Waals surface area contributed by atoms with Crippen LogP contribution in [0.4, 0.5) is 0 Å². The molecule has 1 saturated carbocycles. The van der Waals surface area contributed by atoms with Crippen molar-refractivity contribution >= 4 is 21.9 Å². The molecule has 1 aliphatic heterocycles. The lowest BCUT2D eigenvalue weighted by Crippen LogP contribution is -2.53. The highest BCUT2D eigenvalue weighted by atomic mass is 79.9. The van der Waals surface area contributed by atoms with Gasteiger partial charge < -0.3 is 4.74 Å². The van der Waals surface area contributed by atoms with Gasteiger partial charge in [0, 0.05) is 29.5 Å². The smallest absolute Gasteiger partial charge is 0.338 e. The van der Waals surface area contributed by atoms with Gasteiger partial charge in [-0.25, -0.2) is 4.79 Å². The van der Waals surface area contributed by atoms with E-state index in [2.05, 4.69) is 51.2 Å². The summed E-state index contributed by atoms with van der Waals surface area (Å²) in [5.74, 6) is 0.268. The average Bonchev–Trinajstić information content (AvgIpc) is 2.71. The van der Waals surface area contributed by atoms with Gasteiger partial charge in [0.15, 0.2) is 0 Å². The monoisotopic (exact) mass is 427 g/mol. The Morgan fingerprint density at radius 1 is 1.00 bits per heavy atom. The summed E-state index contributed by atoms with van der Waals surface area (Å²) < 4.78 is 6.98. The lowest BCUT2D eigenvalue weighted by Gasteiger charge is -2.47. The summed E-state index contributed by atoms with van der Waals surface area (Å²) in [6.45, 7) is 1.99. The van der Waals surface area contributed by atoms with E-state index in [1.165, 1.54) is 24.8 Å². The van der Waals surface area contributed by atoms with Gasteiger partial charge in [0.05, 0.1) is 5.56 Å². The summed E-state index contributed by atoms with van der Waals surface area (Å²) in [4.78, 5) is 15.2. The summed E-state index contributed by atoms with van der Waals surface area (Å²) >= 11 is 3.41. The molecule has 3 atom stereocenters. The molecule has 1 saturated heterocycles. The summed E-state index contributed by atoms with van der Waals surface area (Å²) in [7, 11) is 0. The number of halogens is 1. The first-order chi connectivity index (χ1) is 13.2. The van der Waals surface area contributed by atoms with Crippen LogP contribution in [0.1, 0.15) is 48.0 Å². The van der Waals surface area contributed by atoms with Gasteiger partial charge in [-0.15, -0.1) is 0 Å². The topological polar surface area (TPSA) is 29.5 Å². The lowest BCUT2D eigenvalue weighted by molar-refractivity contribution is -0.0557. The molecule has 2 aromatic carbocycles. The Kier molecular flexibility index (Phi) is 5.94. The van der Waals surface area contributed by atoms with E-state index in [0.29, 0.717) is 17.5 Å². The number of hydrogen-bond donors (Lipinski definition) is 0. The molecule has 4 rings (SSSR count). The van der Waals surface area contributed by atoms with Gasteiger partial charge in [0.25, 0.3) is 0 Å². The fourth-order valence-electron chi connectivity index (χ4n) is 4.65. The predicted molar refractivity (Wildman–Crippen MR) is 111 cm³/mol. The molecule has 2 aliphatic rings. The lowest BCUT2D eigenvalue weighted by atomic mass is 9.76. The molecule has 0 unspecified atom stereocenters. The zero-order valence-corrected chi connectivity index (χ0v) is 17.1. The second-order valence-electron chi connectivity index (χ2n) is 7.71. The number of rotatable bonds is 4. The van der Waals surface area contributed by atoms with Gasteiger partial charge in [0.2, 0.25) is 0 Å². The van der Waals surface area contributed by atoms with E-state index in [0.717, 1.165) is 30.4 Å². The van der Waals surface area contributed by atoms with Crippen molar-refractivity contribution in [1.29, 1.82) is 0 Å². The molecule has 0 N–H and O–H groups in total. The van der Waals surface area contributed by atoms with Crippen LogP contribution in [-0.2, 0) is 11.3 Å². The highest BCUT2D eigenvalue weighted by molar-refractivity contribution is 9.10. The maximum absolute atomic E-state index is 12.6. The second-order valence-corrected chi connectivity index (χ2v) is 8.63. The maximum atomic E-state index is 12.6. The van der Waals surface area contributed by atoms with E-state index in [9.17, 15) is 4.79 Å². The number of likely N-dealkylation sites (tertiary alicyclic amines) is 1. The van der Waals surface area contributed by atoms with Gasteiger partial charge in [-0.3, -0.25) is 4.90 Å². The number of nitrogens with zero attached hydrogens (tertiary/aromatic N) is 1. The molecular formula is C23H26BrNO2. The van der Waals surface area contributed by atoms with Crippen LogP contribution in [0.2, 0.25) is 0 Å². The molecule has 0 amide bonds. The quantitative estimate of drug-likeness (QED) is 0.608. The Labute approximate surface area is 169 Å². The maximum Gasteiger partial charge on any atom is 0.338 e. The van der Waals surface area contributed by atoms with Crippen LogP contribution in [0.15, 0.2) is 59.1 Å². The minimum atomic E-state index is -0.187. The largest absolute Gasteiger partial charge is 0.458 e. The Hall–Kier alpha value is -1.65. The van der Waals surface area contributed by atoms with Crippen molar-refractivity contribution in [3.8, 4) is 0 Å². The van der Waals surface area contributed by atoms with Crippen molar-refractivity contribution in [2.45, 2.75) is 50.8 Å². The summed E-state index contributed by atoms with van der Waals surface area (Å²) in [5, 5.41) is 0. The summed E-state index contributed by atoms with van der Waals surface area (Å²) in [5.41, 5.74) is 2.00. The molecule has 142 valence electrons. The molecule has 3 nitrogen and oxygen atoms in total. The number of carbonyl (C=O) groups excluding carboxylic acids is 1. The van der Waals surface area contributed by atoms with E-state index >= 15 is 0 Å². The molecule has 2 fully saturated rings. The van der Waals surface area contributed by atoms with Crippen molar-refractivity contribution in [2.24, 2.45) is 5.92 Å². The van der Waals surface area contributed by atoms with Gasteiger partial charge >= 0.3 is 5.97 Å². The number of ether oxygens (including phenoxy) is 1. The third-order valence-corrected chi connectivity index (χ3v) is 6.52. The third-order valence-electron chi connectivity index (χ3n) is 6.00. The number of hydrogen-bond acceptors (Lipinski definition) is 3. The molecule has 0 aromatic heterocycles. The Morgan fingerprint density at radius 2 is 1.74 bits per heavy atom. The average molecular weight is 428 g/mol. The van der Waals surface area contributed by atoms with Crippen LogP contribution >= 0.6 is 15.9 Å². The van der Waals surface area contributed by atoms with E-state index in [-0.39, 0.29) is 12.1 Å². The van der Waals surface area contributed by atoms with Crippen LogP contribution < -0.4 is 0 Å². The Morgan fingerprint density at radius 3 is 2.52 bits per heavy atom. The molecular weight excluding hydrogens is 402 g/mol. The highest BCUT2D eigenvalue weighted by Gasteiger charge is 2.41. The minimum Gasteiger partial charge on any atom is -0.458 e. The molecule has 0 bridgehead atoms. The van der Waals surface area contributed by atoms with E-state index in [1.54, 1.807) is 0 Å². The summed E-state index contributed by atoms with van der Waals surface area (Å²) in [6.07, 6.45) is 5.86. The third kappa shape index (κ3) is 4.44. The fraction of sp³-hybridized carbons (Fsp3) is 0.435. The molecule has 1 heterocycles. The van der Waals surface area contributed by atoms with E-state index < -0.39 is 0 Å². The van der Waals surface area contributed by atoms with E-state index in [1.807, 2.05) is 24.3 Å². The molecule has 0 spiro atoms. The standard InChI is InChI=1S/C23H26BrNO2/c24-19-12-10-18(11-13-19)23(26)27-22-14-15-25(16-17-6-2-1-3-7-17)21-9-5-4-8-20(21)22/h1-3,6-7,10-13,20-22H,4-5,8-9,14-16H2/t20-,21-,22-/m0/s1. The van der Waals surface area contributed by atoms with Gasteiger partial charge in [-0.05, 0) is 49.1 Å². The Bertz CT molecular complexity index is 762. The van der Waals surface area contributed by atoms with E-state index in [4.69, 9.17) is 4.74 Å². The van der Waals surface area contributed by atoms with Crippen molar-refractivity contribution in [3.63, 3.8) is 0 Å². The van der Waals surface area contributed by atoms with Crippen LogP contribution in [-0.4, -0.2) is 29.6 Å². The number of esters is 1. The van der Waals surface area contributed by atoms with Gasteiger partial charge in [-0.1, -0.05) is 59.1 Å². The number of fused-ring (bicyclic) bond motifs is 1. The van der Waals surface area contributed by atoms with Crippen molar-refractivity contribution < 1.29 is 9.53 Å². The van der Waals surface area contributed by atoms with Crippen LogP contribution in [0.3, 0.4) is 0 Å². The zero-order chi connectivity index (χ0) is 18.6. The first kappa shape index (κ1) is 18.7.